The van der Waals surface area contributed by atoms with Crippen LogP contribution in [0, 0.1) is 5.92 Å². The van der Waals surface area contributed by atoms with Crippen LogP contribution in [0.5, 0.6) is 0 Å². The third-order valence-electron chi connectivity index (χ3n) is 7.45. The fraction of sp³-hybridized carbons (Fsp3) is 0.636. The van der Waals surface area contributed by atoms with Gasteiger partial charge in [-0.3, -0.25) is 4.79 Å². The van der Waals surface area contributed by atoms with Gasteiger partial charge >= 0.3 is 18.7 Å². The molecule has 1 amide bonds. The molecule has 1 saturated carbocycles. The molecule has 2 saturated heterocycles. The van der Waals surface area contributed by atoms with Crippen LogP contribution in [0.3, 0.4) is 0 Å². The highest BCUT2D eigenvalue weighted by molar-refractivity contribution is 6.71. The Hall–Kier alpha value is -1.86. The summed E-state index contributed by atoms with van der Waals surface area (Å²) in [6.45, 7) is 5.00. The summed E-state index contributed by atoms with van der Waals surface area (Å²) >= 11 is 0. The van der Waals surface area contributed by atoms with Crippen LogP contribution in [0.1, 0.15) is 58.4 Å². The van der Waals surface area contributed by atoms with Crippen molar-refractivity contribution in [1.82, 2.24) is 0 Å². The van der Waals surface area contributed by atoms with E-state index in [1.807, 2.05) is 30.3 Å². The van der Waals surface area contributed by atoms with Gasteiger partial charge in [0.25, 0.3) is 0 Å². The minimum absolute atomic E-state index is 0.00414. The summed E-state index contributed by atoms with van der Waals surface area (Å²) in [7, 11) is 0. The Balaban J connectivity index is 1.58. The highest BCUT2D eigenvalue weighted by atomic mass is 16.7. The van der Waals surface area contributed by atoms with Crippen LogP contribution in [-0.2, 0) is 25.4 Å². The lowest BCUT2D eigenvalue weighted by atomic mass is 9.50. The number of carbonyl (C=O) groups excluding carboxylic acids is 2. The van der Waals surface area contributed by atoms with E-state index in [9.17, 15) is 9.59 Å². The van der Waals surface area contributed by atoms with Crippen LogP contribution >= 0.6 is 0 Å². The van der Waals surface area contributed by atoms with Crippen LogP contribution in [-0.4, -0.2) is 41.8 Å². The van der Waals surface area contributed by atoms with Crippen LogP contribution in [0.4, 0.5) is 4.79 Å². The maximum absolute atomic E-state index is 12.9. The van der Waals surface area contributed by atoms with Gasteiger partial charge in [-0.1, -0.05) is 63.9 Å². The Labute approximate surface area is 173 Å². The number of amides is 1. The molecule has 2 heterocycles. The quantitative estimate of drug-likeness (QED) is 0.604. The Bertz CT molecular complexity index is 774. The van der Waals surface area contributed by atoms with E-state index in [0.717, 1.165) is 37.7 Å². The summed E-state index contributed by atoms with van der Waals surface area (Å²) in [5.74, 6) is 0.167. The van der Waals surface area contributed by atoms with Crippen molar-refractivity contribution in [3.8, 4) is 0 Å². The topological polar surface area (TPSA) is 61.8 Å². The molecule has 29 heavy (non-hydrogen) atoms. The van der Waals surface area contributed by atoms with Crippen molar-refractivity contribution >= 4 is 18.7 Å². The first-order valence-corrected chi connectivity index (χ1v) is 11.1. The molecule has 4 rings (SSSR count). The predicted molar refractivity (Wildman–Crippen MR) is 110 cm³/mol. The maximum Gasteiger partial charge on any atom is 0.600 e. The Morgan fingerprint density at radius 1 is 1.17 bits per heavy atom. The van der Waals surface area contributed by atoms with Crippen LogP contribution in [0.2, 0.25) is 5.82 Å². The second-order valence-electron chi connectivity index (χ2n) is 9.25. The average molecular weight is 401 g/mol. The Kier molecular flexibility index (Phi) is 5.47. The molecule has 2 unspecified atom stereocenters. The van der Waals surface area contributed by atoms with Crippen molar-refractivity contribution in [2.75, 3.05) is 6.54 Å². The smallest absolute Gasteiger partial charge is 0.599 e. The molecule has 1 aromatic carbocycles. The fourth-order valence-corrected chi connectivity index (χ4v) is 5.77. The van der Waals surface area contributed by atoms with Crippen molar-refractivity contribution in [3.63, 3.8) is 0 Å². The Morgan fingerprint density at radius 2 is 1.93 bits per heavy atom. The van der Waals surface area contributed by atoms with E-state index in [0.29, 0.717) is 12.5 Å². The zero-order chi connectivity index (χ0) is 20.6. The summed E-state index contributed by atoms with van der Waals surface area (Å²) < 4.78 is 17.9. The van der Waals surface area contributed by atoms with Crippen LogP contribution in [0.25, 0.3) is 0 Å². The minimum Gasteiger partial charge on any atom is -0.599 e. The van der Waals surface area contributed by atoms with Crippen molar-refractivity contribution < 1.29 is 28.0 Å². The number of fused-ring (bicyclic) bond motifs is 1. The predicted octanol–water partition coefficient (Wildman–Crippen LogP) is 4.41. The number of nitrogens with zero attached hydrogens (tertiary/aromatic N) is 1. The number of quaternary nitrogens is 1. The monoisotopic (exact) mass is 401 g/mol. The zero-order valence-electron chi connectivity index (χ0n) is 17.7. The summed E-state index contributed by atoms with van der Waals surface area (Å²) in [4.78, 5) is 25.4. The first kappa shape index (κ1) is 20.4. The molecule has 158 valence electrons. The third-order valence-corrected chi connectivity index (χ3v) is 7.45. The molecule has 0 N–H and O–H groups in total. The van der Waals surface area contributed by atoms with E-state index in [2.05, 4.69) is 20.8 Å². The summed E-state index contributed by atoms with van der Waals surface area (Å²) in [5.41, 5.74) is 1.11. The van der Waals surface area contributed by atoms with Gasteiger partial charge in [0.2, 0.25) is 0 Å². The molecular weight excluding hydrogens is 369 g/mol. The lowest BCUT2D eigenvalue weighted by Crippen LogP contribution is -2.85. The van der Waals surface area contributed by atoms with Crippen molar-refractivity contribution in [2.24, 2.45) is 5.92 Å². The largest absolute Gasteiger partial charge is 0.600 e. The van der Waals surface area contributed by atoms with Gasteiger partial charge < -0.3 is 18.4 Å². The number of carbonyl (C=O) groups is 2. The molecule has 6 nitrogen and oxygen atoms in total. The normalized spacial score (nSPS) is 35.4. The average Bonchev–Trinajstić information content (AvgIpc) is 3.27. The molecule has 1 aliphatic carbocycles. The molecule has 1 aromatic rings. The lowest BCUT2D eigenvalue weighted by molar-refractivity contribution is -0.819. The van der Waals surface area contributed by atoms with Gasteiger partial charge in [-0.25, -0.2) is 0 Å². The number of ether oxygens (including phenoxy) is 1. The van der Waals surface area contributed by atoms with E-state index in [1.165, 1.54) is 0 Å². The van der Waals surface area contributed by atoms with Gasteiger partial charge in [-0.05, 0) is 36.6 Å². The SMILES string of the molecule is CC[C@@H](C)C[C@@H](C)[B-]12OC(=O)C[N+]1([C@H]1CCC[C@@H]1OCc1ccccc1)C(=O)O2. The summed E-state index contributed by atoms with van der Waals surface area (Å²) in [5, 5.41) is 0. The molecular formula is C22H32BNO5. The molecule has 3 aliphatic rings. The molecule has 2 aliphatic heterocycles. The number of rotatable bonds is 8. The minimum atomic E-state index is -2.01. The number of hydrogen-bond acceptors (Lipinski definition) is 5. The molecule has 3 fully saturated rings. The first-order chi connectivity index (χ1) is 13.9. The maximum atomic E-state index is 12.9. The van der Waals surface area contributed by atoms with E-state index in [-0.39, 0.29) is 41.0 Å². The molecule has 6 atom stereocenters. The lowest BCUT2D eigenvalue weighted by Gasteiger charge is -2.62. The van der Waals surface area contributed by atoms with Gasteiger partial charge in [0.1, 0.15) is 12.6 Å². The van der Waals surface area contributed by atoms with Crippen molar-refractivity contribution in [1.29, 1.82) is 0 Å². The van der Waals surface area contributed by atoms with E-state index in [1.54, 1.807) is 0 Å². The molecule has 0 bridgehead atoms. The summed E-state index contributed by atoms with van der Waals surface area (Å²) in [6, 6.07) is 9.98. The number of hydrogen-bond donors (Lipinski definition) is 0. The van der Waals surface area contributed by atoms with Gasteiger partial charge in [0.15, 0.2) is 0 Å². The van der Waals surface area contributed by atoms with E-state index < -0.39 is 6.69 Å². The molecule has 0 radical (unpaired) electrons. The number of benzene rings is 1. The fourth-order valence-electron chi connectivity index (χ4n) is 5.77. The molecule has 0 aromatic heterocycles. The van der Waals surface area contributed by atoms with Gasteiger partial charge in [-0.15, -0.1) is 0 Å². The highest BCUT2D eigenvalue weighted by Crippen LogP contribution is 2.54. The van der Waals surface area contributed by atoms with Crippen molar-refractivity contribution in [3.05, 3.63) is 35.9 Å². The first-order valence-electron chi connectivity index (χ1n) is 11.1. The Morgan fingerprint density at radius 3 is 2.62 bits per heavy atom. The molecule has 7 heteroatoms. The van der Waals surface area contributed by atoms with E-state index >= 15 is 0 Å². The van der Waals surface area contributed by atoms with Crippen LogP contribution in [0.15, 0.2) is 30.3 Å². The van der Waals surface area contributed by atoms with Gasteiger partial charge in [-0.2, -0.15) is 4.79 Å². The van der Waals surface area contributed by atoms with E-state index in [4.69, 9.17) is 14.0 Å². The van der Waals surface area contributed by atoms with Gasteiger partial charge in [0.05, 0.1) is 12.6 Å². The van der Waals surface area contributed by atoms with Crippen molar-refractivity contribution in [2.45, 2.75) is 77.4 Å². The standard InChI is InChI=1S/C22H32BNO5/c1-4-16(2)13-17(3)23-24(22(26)29-23,14-21(25)28-23)19-11-8-12-20(19)27-15-18-9-6-5-7-10-18/h5-7,9-10,16-17,19-20H,4,8,11-15H2,1-3H3/t16-,17-,19+,20+,23?,24?/m1/s1. The summed E-state index contributed by atoms with van der Waals surface area (Å²) in [6.07, 6.45) is 4.26. The highest BCUT2D eigenvalue weighted by Gasteiger charge is 2.79. The second kappa shape index (κ2) is 7.76. The van der Waals surface area contributed by atoms with Gasteiger partial charge in [0, 0.05) is 0 Å². The third kappa shape index (κ3) is 3.19. The second-order valence-corrected chi connectivity index (χ2v) is 9.25. The zero-order valence-corrected chi connectivity index (χ0v) is 17.7. The van der Waals surface area contributed by atoms with Crippen LogP contribution < -0.4 is 0 Å². The molecule has 0 spiro atoms.